The molecule has 0 saturated heterocycles. The monoisotopic (exact) mass is 237 g/mol. The summed E-state index contributed by atoms with van der Waals surface area (Å²) >= 11 is 5.94. The quantitative estimate of drug-likeness (QED) is 0.819. The van der Waals surface area contributed by atoms with E-state index in [0.717, 1.165) is 24.0 Å². The van der Waals surface area contributed by atoms with Crippen molar-refractivity contribution in [1.82, 2.24) is 4.98 Å². The molecule has 2 aliphatic rings. The van der Waals surface area contributed by atoms with Gasteiger partial charge in [-0.25, -0.2) is 4.98 Å². The van der Waals surface area contributed by atoms with Crippen molar-refractivity contribution in [3.05, 3.63) is 17.3 Å². The summed E-state index contributed by atoms with van der Waals surface area (Å²) in [5.41, 5.74) is 6.74. The van der Waals surface area contributed by atoms with E-state index in [0.29, 0.717) is 11.2 Å². The first-order valence-electron chi connectivity index (χ1n) is 5.92. The van der Waals surface area contributed by atoms with E-state index < -0.39 is 0 Å². The zero-order valence-corrected chi connectivity index (χ0v) is 9.95. The van der Waals surface area contributed by atoms with Gasteiger partial charge in [0, 0.05) is 12.6 Å². The van der Waals surface area contributed by atoms with E-state index in [9.17, 15) is 0 Å². The molecule has 0 aromatic carbocycles. The van der Waals surface area contributed by atoms with Crippen molar-refractivity contribution in [3.63, 3.8) is 0 Å². The minimum atomic E-state index is 0.533. The van der Waals surface area contributed by atoms with Gasteiger partial charge in [0.1, 0.15) is 5.15 Å². The molecule has 2 aliphatic carbocycles. The molecule has 0 aliphatic heterocycles. The van der Waals surface area contributed by atoms with E-state index in [-0.39, 0.29) is 0 Å². The third-order valence-corrected chi connectivity index (χ3v) is 3.49. The van der Waals surface area contributed by atoms with Crippen LogP contribution in [0.25, 0.3) is 0 Å². The van der Waals surface area contributed by atoms with Gasteiger partial charge in [-0.1, -0.05) is 11.6 Å². The van der Waals surface area contributed by atoms with Crippen molar-refractivity contribution in [1.29, 1.82) is 0 Å². The predicted octanol–water partition coefficient (Wildman–Crippen LogP) is 2.70. The summed E-state index contributed by atoms with van der Waals surface area (Å²) in [5, 5.41) is 0.533. The topological polar surface area (TPSA) is 42.1 Å². The Morgan fingerprint density at radius 1 is 1.31 bits per heavy atom. The van der Waals surface area contributed by atoms with Gasteiger partial charge >= 0.3 is 0 Å². The van der Waals surface area contributed by atoms with Gasteiger partial charge in [0.15, 0.2) is 5.82 Å². The lowest BCUT2D eigenvalue weighted by molar-refractivity contribution is 0.710. The van der Waals surface area contributed by atoms with Gasteiger partial charge in [0.2, 0.25) is 0 Å². The van der Waals surface area contributed by atoms with Crippen LogP contribution in [0.4, 0.5) is 11.5 Å². The van der Waals surface area contributed by atoms with Crippen molar-refractivity contribution < 1.29 is 0 Å². The fourth-order valence-electron chi connectivity index (χ4n) is 2.04. The van der Waals surface area contributed by atoms with E-state index in [1.54, 1.807) is 6.07 Å². The second kappa shape index (κ2) is 3.81. The summed E-state index contributed by atoms with van der Waals surface area (Å²) < 4.78 is 0. The lowest BCUT2D eigenvalue weighted by atomic mass is 10.3. The molecule has 3 nitrogen and oxygen atoms in total. The predicted molar refractivity (Wildman–Crippen MR) is 66.8 cm³/mol. The third-order valence-electron chi connectivity index (χ3n) is 3.28. The molecule has 1 heterocycles. The van der Waals surface area contributed by atoms with Gasteiger partial charge in [-0.2, -0.15) is 0 Å². The average Bonchev–Trinajstić information content (AvgIpc) is 3.12. The van der Waals surface area contributed by atoms with Gasteiger partial charge in [-0.15, -0.1) is 0 Å². The first kappa shape index (κ1) is 10.2. The van der Waals surface area contributed by atoms with Gasteiger partial charge in [-0.05, 0) is 43.7 Å². The van der Waals surface area contributed by atoms with Crippen LogP contribution in [0.3, 0.4) is 0 Å². The van der Waals surface area contributed by atoms with Crippen LogP contribution in [-0.4, -0.2) is 17.6 Å². The normalized spacial score (nSPS) is 19.8. The Labute approximate surface area is 101 Å². The second-order valence-electron chi connectivity index (χ2n) is 4.87. The van der Waals surface area contributed by atoms with E-state index in [1.807, 2.05) is 6.07 Å². The summed E-state index contributed by atoms with van der Waals surface area (Å²) in [4.78, 5) is 6.74. The van der Waals surface area contributed by atoms with Crippen LogP contribution in [0.15, 0.2) is 12.1 Å². The zero-order valence-electron chi connectivity index (χ0n) is 9.19. The van der Waals surface area contributed by atoms with Crippen molar-refractivity contribution in [2.45, 2.75) is 31.7 Å². The molecule has 2 saturated carbocycles. The number of aromatic nitrogens is 1. The number of rotatable bonds is 4. The molecule has 16 heavy (non-hydrogen) atoms. The van der Waals surface area contributed by atoms with E-state index in [4.69, 9.17) is 17.3 Å². The van der Waals surface area contributed by atoms with Gasteiger partial charge in [0.25, 0.3) is 0 Å². The Morgan fingerprint density at radius 3 is 2.69 bits per heavy atom. The van der Waals surface area contributed by atoms with Gasteiger partial charge < -0.3 is 10.6 Å². The van der Waals surface area contributed by atoms with Crippen LogP contribution in [-0.2, 0) is 0 Å². The van der Waals surface area contributed by atoms with Crippen LogP contribution >= 0.6 is 11.6 Å². The maximum atomic E-state index is 5.99. The molecule has 0 bridgehead atoms. The fraction of sp³-hybridized carbons (Fsp3) is 0.583. The number of nitrogen functional groups attached to an aromatic ring is 1. The van der Waals surface area contributed by atoms with Crippen LogP contribution in [0, 0.1) is 5.92 Å². The smallest absolute Gasteiger partial charge is 0.153 e. The van der Waals surface area contributed by atoms with Crippen LogP contribution in [0.2, 0.25) is 5.15 Å². The molecule has 0 spiro atoms. The molecule has 0 atom stereocenters. The Balaban J connectivity index is 1.87. The molecule has 0 radical (unpaired) electrons. The maximum absolute atomic E-state index is 5.99. The largest absolute Gasteiger partial charge is 0.396 e. The first-order chi connectivity index (χ1) is 7.74. The Morgan fingerprint density at radius 2 is 2.06 bits per heavy atom. The number of hydrogen-bond donors (Lipinski definition) is 1. The molecule has 3 rings (SSSR count). The van der Waals surface area contributed by atoms with Crippen LogP contribution in [0.1, 0.15) is 25.7 Å². The van der Waals surface area contributed by atoms with Gasteiger partial charge in [-0.3, -0.25) is 0 Å². The van der Waals surface area contributed by atoms with E-state index in [1.165, 1.54) is 25.7 Å². The number of halogens is 1. The minimum absolute atomic E-state index is 0.533. The molecular formula is C12H16ClN3. The molecule has 2 fully saturated rings. The lowest BCUT2D eigenvalue weighted by Crippen LogP contribution is -2.29. The Bertz CT molecular complexity index is 399. The summed E-state index contributed by atoms with van der Waals surface area (Å²) in [6.45, 7) is 1.10. The highest BCUT2D eigenvalue weighted by molar-refractivity contribution is 6.29. The van der Waals surface area contributed by atoms with Gasteiger partial charge in [0.05, 0.1) is 5.69 Å². The first-order valence-corrected chi connectivity index (χ1v) is 6.30. The molecule has 4 heteroatoms. The Hall–Kier alpha value is -0.960. The highest BCUT2D eigenvalue weighted by atomic mass is 35.5. The Kier molecular flexibility index (Phi) is 2.43. The molecule has 0 unspecified atom stereocenters. The third kappa shape index (κ3) is 2.09. The number of pyridine rings is 1. The highest BCUT2D eigenvalue weighted by Crippen LogP contribution is 2.39. The summed E-state index contributed by atoms with van der Waals surface area (Å²) in [5.74, 6) is 1.74. The summed E-state index contributed by atoms with van der Waals surface area (Å²) in [6, 6.07) is 4.25. The van der Waals surface area contributed by atoms with Crippen molar-refractivity contribution >= 4 is 23.1 Å². The number of hydrogen-bond acceptors (Lipinski definition) is 3. The van der Waals surface area contributed by atoms with Crippen molar-refractivity contribution in [3.8, 4) is 0 Å². The van der Waals surface area contributed by atoms with Crippen molar-refractivity contribution in [2.75, 3.05) is 17.2 Å². The lowest BCUT2D eigenvalue weighted by Gasteiger charge is -2.24. The molecular weight excluding hydrogens is 222 g/mol. The summed E-state index contributed by atoms with van der Waals surface area (Å²) in [6.07, 6.45) is 5.23. The second-order valence-corrected chi connectivity index (χ2v) is 5.26. The zero-order chi connectivity index (χ0) is 11.1. The van der Waals surface area contributed by atoms with E-state index in [2.05, 4.69) is 9.88 Å². The molecule has 86 valence electrons. The molecule has 1 aromatic rings. The average molecular weight is 238 g/mol. The molecule has 1 aromatic heterocycles. The van der Waals surface area contributed by atoms with Crippen LogP contribution < -0.4 is 10.6 Å². The highest BCUT2D eigenvalue weighted by Gasteiger charge is 2.35. The van der Waals surface area contributed by atoms with Crippen LogP contribution in [0.5, 0.6) is 0 Å². The van der Waals surface area contributed by atoms with E-state index >= 15 is 0 Å². The SMILES string of the molecule is Nc1ccc(Cl)nc1N(CC1CC1)C1CC1. The standard InChI is InChI=1S/C12H16ClN3/c13-11-6-5-10(14)12(15-11)16(9-3-4-9)7-8-1-2-8/h5-6,8-9H,1-4,7,14H2. The molecule has 2 N–H and O–H groups in total. The number of nitrogens with two attached hydrogens (primary N) is 1. The number of anilines is 2. The molecule has 0 amide bonds. The minimum Gasteiger partial charge on any atom is -0.396 e. The number of nitrogens with zero attached hydrogens (tertiary/aromatic N) is 2. The fourth-order valence-corrected chi connectivity index (χ4v) is 2.18. The maximum Gasteiger partial charge on any atom is 0.153 e. The summed E-state index contributed by atoms with van der Waals surface area (Å²) in [7, 11) is 0. The van der Waals surface area contributed by atoms with Crippen molar-refractivity contribution in [2.24, 2.45) is 5.92 Å².